The van der Waals surface area contributed by atoms with Gasteiger partial charge in [0, 0.05) is 31.7 Å². The Kier molecular flexibility index (Phi) is 4.53. The quantitative estimate of drug-likeness (QED) is 0.825. The highest BCUT2D eigenvalue weighted by molar-refractivity contribution is 5.94. The van der Waals surface area contributed by atoms with Crippen LogP contribution in [-0.4, -0.2) is 50.2 Å². The molecule has 91 valence electrons. The van der Waals surface area contributed by atoms with Gasteiger partial charge in [-0.1, -0.05) is 12.1 Å². The highest BCUT2D eigenvalue weighted by atomic mass is 16.5. The van der Waals surface area contributed by atoms with Crippen molar-refractivity contribution in [2.45, 2.75) is 0 Å². The number of hydrogen-bond donors (Lipinski definition) is 1. The smallest absolute Gasteiger partial charge is 0.251 e. The van der Waals surface area contributed by atoms with Crippen molar-refractivity contribution in [2.75, 3.05) is 39.4 Å². The number of nitrogens with zero attached hydrogens (tertiary/aromatic N) is 1. The zero-order valence-electron chi connectivity index (χ0n) is 9.82. The van der Waals surface area contributed by atoms with E-state index in [0.717, 1.165) is 32.8 Å². The molecule has 1 radical (unpaired) electrons. The van der Waals surface area contributed by atoms with E-state index in [2.05, 4.69) is 16.3 Å². The SMILES string of the molecule is O=C(NCCN1CCOCC1)c1c[c]ccc1. The van der Waals surface area contributed by atoms with Gasteiger partial charge in [0.25, 0.3) is 5.91 Å². The van der Waals surface area contributed by atoms with E-state index in [1.807, 2.05) is 6.07 Å². The van der Waals surface area contributed by atoms with Gasteiger partial charge in [0.15, 0.2) is 0 Å². The lowest BCUT2D eigenvalue weighted by molar-refractivity contribution is 0.0383. The summed E-state index contributed by atoms with van der Waals surface area (Å²) in [6, 6.07) is 9.98. The predicted molar refractivity (Wildman–Crippen MR) is 64.9 cm³/mol. The van der Waals surface area contributed by atoms with Crippen LogP contribution >= 0.6 is 0 Å². The Labute approximate surface area is 102 Å². The first-order chi connectivity index (χ1) is 8.36. The van der Waals surface area contributed by atoms with Gasteiger partial charge in [-0.15, -0.1) is 0 Å². The predicted octanol–water partition coefficient (Wildman–Crippen LogP) is 0.549. The van der Waals surface area contributed by atoms with Crippen LogP contribution in [0, 0.1) is 6.07 Å². The molecule has 1 aromatic carbocycles. The summed E-state index contributed by atoms with van der Waals surface area (Å²) in [7, 11) is 0. The monoisotopic (exact) mass is 233 g/mol. The first-order valence-electron chi connectivity index (χ1n) is 5.91. The lowest BCUT2D eigenvalue weighted by Crippen LogP contribution is -2.41. The second-order valence-electron chi connectivity index (χ2n) is 4.00. The summed E-state index contributed by atoms with van der Waals surface area (Å²) < 4.78 is 5.26. The topological polar surface area (TPSA) is 41.6 Å². The number of carbonyl (C=O) groups excluding carboxylic acids is 1. The van der Waals surface area contributed by atoms with E-state index in [9.17, 15) is 4.79 Å². The Morgan fingerprint density at radius 2 is 2.29 bits per heavy atom. The number of morpholine rings is 1. The van der Waals surface area contributed by atoms with Crippen molar-refractivity contribution < 1.29 is 9.53 Å². The van der Waals surface area contributed by atoms with Crippen molar-refractivity contribution in [3.63, 3.8) is 0 Å². The van der Waals surface area contributed by atoms with Crippen LogP contribution in [-0.2, 0) is 4.74 Å². The van der Waals surface area contributed by atoms with Crippen LogP contribution in [0.15, 0.2) is 24.3 Å². The molecular formula is C13H17N2O2. The van der Waals surface area contributed by atoms with Gasteiger partial charge in [-0.25, -0.2) is 0 Å². The van der Waals surface area contributed by atoms with Gasteiger partial charge in [-0.3, -0.25) is 9.69 Å². The van der Waals surface area contributed by atoms with Crippen LogP contribution in [0.5, 0.6) is 0 Å². The Hall–Kier alpha value is -1.39. The fourth-order valence-electron chi connectivity index (χ4n) is 1.79. The second-order valence-corrected chi connectivity index (χ2v) is 4.00. The van der Waals surface area contributed by atoms with Gasteiger partial charge in [-0.05, 0) is 18.2 Å². The van der Waals surface area contributed by atoms with Crippen molar-refractivity contribution in [3.05, 3.63) is 35.9 Å². The lowest BCUT2D eigenvalue weighted by Gasteiger charge is -2.26. The molecule has 1 aliphatic heterocycles. The summed E-state index contributed by atoms with van der Waals surface area (Å²) in [6.07, 6.45) is 0. The molecule has 0 aliphatic carbocycles. The van der Waals surface area contributed by atoms with Gasteiger partial charge >= 0.3 is 0 Å². The third kappa shape index (κ3) is 3.84. The third-order valence-electron chi connectivity index (χ3n) is 2.79. The number of carbonyl (C=O) groups is 1. The molecule has 2 rings (SSSR count). The van der Waals surface area contributed by atoms with Crippen molar-refractivity contribution in [1.82, 2.24) is 10.2 Å². The van der Waals surface area contributed by atoms with E-state index in [4.69, 9.17) is 4.74 Å². The molecule has 1 amide bonds. The summed E-state index contributed by atoms with van der Waals surface area (Å²) in [5.74, 6) is -0.0323. The molecule has 4 nitrogen and oxygen atoms in total. The van der Waals surface area contributed by atoms with Crippen molar-refractivity contribution in [3.8, 4) is 0 Å². The number of benzene rings is 1. The molecule has 1 saturated heterocycles. The zero-order valence-corrected chi connectivity index (χ0v) is 9.82. The van der Waals surface area contributed by atoms with Gasteiger partial charge < -0.3 is 10.1 Å². The summed E-state index contributed by atoms with van der Waals surface area (Å²) in [5.41, 5.74) is 0.662. The summed E-state index contributed by atoms with van der Waals surface area (Å²) in [6.45, 7) is 5.05. The third-order valence-corrected chi connectivity index (χ3v) is 2.79. The van der Waals surface area contributed by atoms with Gasteiger partial charge in [-0.2, -0.15) is 0 Å². The van der Waals surface area contributed by atoms with Crippen molar-refractivity contribution in [2.24, 2.45) is 0 Å². The minimum atomic E-state index is -0.0323. The number of nitrogens with one attached hydrogen (secondary N) is 1. The molecule has 17 heavy (non-hydrogen) atoms. The van der Waals surface area contributed by atoms with E-state index in [1.165, 1.54) is 0 Å². The number of ether oxygens (including phenoxy) is 1. The molecule has 0 spiro atoms. The molecule has 0 saturated carbocycles. The average molecular weight is 233 g/mol. The Bertz CT molecular complexity index is 348. The molecule has 0 bridgehead atoms. The maximum absolute atomic E-state index is 11.7. The first kappa shape index (κ1) is 12.1. The minimum absolute atomic E-state index is 0.0323. The van der Waals surface area contributed by atoms with E-state index in [0.29, 0.717) is 12.1 Å². The average Bonchev–Trinajstić information content (AvgIpc) is 2.41. The maximum Gasteiger partial charge on any atom is 0.251 e. The Morgan fingerprint density at radius 3 is 3.00 bits per heavy atom. The molecule has 1 aromatic rings. The standard InChI is InChI=1S/C13H17N2O2/c16-13(12-4-2-1-3-5-12)14-6-7-15-8-10-17-11-9-15/h1-2,4-5H,6-11H2,(H,14,16). The van der Waals surface area contributed by atoms with Crippen LogP contribution in [0.4, 0.5) is 0 Å². The van der Waals surface area contributed by atoms with E-state index in [1.54, 1.807) is 18.2 Å². The summed E-state index contributed by atoms with van der Waals surface area (Å²) in [5, 5.41) is 2.90. The van der Waals surface area contributed by atoms with Crippen LogP contribution in [0.3, 0.4) is 0 Å². The molecule has 0 atom stereocenters. The van der Waals surface area contributed by atoms with Gasteiger partial charge in [0.2, 0.25) is 0 Å². The van der Waals surface area contributed by atoms with Crippen LogP contribution in [0.1, 0.15) is 10.4 Å². The fraction of sp³-hybridized carbons (Fsp3) is 0.462. The highest BCUT2D eigenvalue weighted by Gasteiger charge is 2.10. The van der Waals surface area contributed by atoms with E-state index < -0.39 is 0 Å². The van der Waals surface area contributed by atoms with Crippen molar-refractivity contribution in [1.29, 1.82) is 0 Å². The summed E-state index contributed by atoms with van der Waals surface area (Å²) in [4.78, 5) is 14.0. The minimum Gasteiger partial charge on any atom is -0.379 e. The van der Waals surface area contributed by atoms with E-state index >= 15 is 0 Å². The molecule has 1 N–H and O–H groups in total. The zero-order chi connectivity index (χ0) is 11.9. The van der Waals surface area contributed by atoms with Crippen LogP contribution < -0.4 is 5.32 Å². The molecule has 0 aromatic heterocycles. The second kappa shape index (κ2) is 6.37. The fourth-order valence-corrected chi connectivity index (χ4v) is 1.79. The number of amides is 1. The highest BCUT2D eigenvalue weighted by Crippen LogP contribution is 1.98. The first-order valence-corrected chi connectivity index (χ1v) is 5.91. The Balaban J connectivity index is 1.69. The molecule has 4 heteroatoms. The van der Waals surface area contributed by atoms with E-state index in [-0.39, 0.29) is 5.91 Å². The molecule has 1 heterocycles. The lowest BCUT2D eigenvalue weighted by atomic mass is 10.2. The van der Waals surface area contributed by atoms with Crippen molar-refractivity contribution >= 4 is 5.91 Å². The van der Waals surface area contributed by atoms with Gasteiger partial charge in [0.1, 0.15) is 0 Å². The molecular weight excluding hydrogens is 216 g/mol. The normalized spacial score (nSPS) is 16.7. The Morgan fingerprint density at radius 1 is 1.47 bits per heavy atom. The number of rotatable bonds is 4. The number of hydrogen-bond acceptors (Lipinski definition) is 3. The van der Waals surface area contributed by atoms with Gasteiger partial charge in [0.05, 0.1) is 13.2 Å². The largest absolute Gasteiger partial charge is 0.379 e. The summed E-state index contributed by atoms with van der Waals surface area (Å²) >= 11 is 0. The molecule has 0 unspecified atom stereocenters. The van der Waals surface area contributed by atoms with Crippen LogP contribution in [0.25, 0.3) is 0 Å². The van der Waals surface area contributed by atoms with Crippen LogP contribution in [0.2, 0.25) is 0 Å². The maximum atomic E-state index is 11.7. The molecule has 1 aliphatic rings. The molecule has 1 fully saturated rings.